The molecular formula is C23H23F2N5O3. The van der Waals surface area contributed by atoms with E-state index in [9.17, 15) is 18.4 Å². The Morgan fingerprint density at radius 2 is 2.15 bits per heavy atom. The summed E-state index contributed by atoms with van der Waals surface area (Å²) in [6, 6.07) is 1.93. The van der Waals surface area contributed by atoms with Crippen LogP contribution in [0.3, 0.4) is 0 Å². The molecule has 0 aromatic carbocycles. The molecule has 1 aromatic heterocycles. The molecular weight excluding hydrogens is 432 g/mol. The summed E-state index contributed by atoms with van der Waals surface area (Å²) in [7, 11) is 0. The topological polar surface area (TPSA) is 96.2 Å². The first-order valence-electron chi connectivity index (χ1n) is 10.8. The molecule has 4 aliphatic rings. The van der Waals surface area contributed by atoms with Crippen molar-refractivity contribution >= 4 is 23.7 Å². The van der Waals surface area contributed by atoms with Crippen molar-refractivity contribution in [3.05, 3.63) is 47.3 Å². The van der Waals surface area contributed by atoms with E-state index in [1.807, 2.05) is 18.4 Å². The van der Waals surface area contributed by atoms with Crippen molar-refractivity contribution in [1.29, 1.82) is 0 Å². The SMILES string of the molecule is CC1=CC2N=CC(CN3C[C@H](Oc4ccc(C(=O)N[C@H]5CC5(F)F)nc4)[C@H]3C)=CC2=NC1=O. The largest absolute Gasteiger partial charge is 0.486 e. The highest BCUT2D eigenvalue weighted by Gasteiger charge is 2.58. The number of hydrogen-bond acceptors (Lipinski definition) is 6. The Balaban J connectivity index is 1.12. The van der Waals surface area contributed by atoms with E-state index in [4.69, 9.17) is 4.74 Å². The first kappa shape index (κ1) is 21.6. The number of ether oxygens (including phenoxy) is 1. The zero-order chi connectivity index (χ0) is 23.3. The van der Waals surface area contributed by atoms with Gasteiger partial charge in [-0.2, -0.15) is 0 Å². The second kappa shape index (κ2) is 7.95. The van der Waals surface area contributed by atoms with Gasteiger partial charge in [-0.3, -0.25) is 19.5 Å². The van der Waals surface area contributed by atoms with Crippen LogP contribution in [0, 0.1) is 0 Å². The second-order valence-corrected chi connectivity index (χ2v) is 8.83. The van der Waals surface area contributed by atoms with E-state index in [1.54, 1.807) is 13.0 Å². The number of hydrogen-bond donors (Lipinski definition) is 1. The van der Waals surface area contributed by atoms with Gasteiger partial charge < -0.3 is 10.1 Å². The van der Waals surface area contributed by atoms with E-state index in [0.717, 1.165) is 5.57 Å². The fraction of sp³-hybridized carbons (Fsp3) is 0.435. The summed E-state index contributed by atoms with van der Waals surface area (Å²) in [5.74, 6) is -3.14. The summed E-state index contributed by atoms with van der Waals surface area (Å²) in [6.45, 7) is 5.15. The third-order valence-corrected chi connectivity index (χ3v) is 6.31. The maximum Gasteiger partial charge on any atom is 0.272 e. The lowest BCUT2D eigenvalue weighted by Gasteiger charge is -2.46. The van der Waals surface area contributed by atoms with Crippen LogP contribution in [0.5, 0.6) is 5.75 Å². The Morgan fingerprint density at radius 1 is 1.36 bits per heavy atom. The van der Waals surface area contributed by atoms with Crippen LogP contribution in [-0.2, 0) is 4.79 Å². The van der Waals surface area contributed by atoms with Gasteiger partial charge in [-0.25, -0.2) is 18.8 Å². The number of carbonyl (C=O) groups is 2. The van der Waals surface area contributed by atoms with Crippen LogP contribution in [0.2, 0.25) is 0 Å². The fourth-order valence-electron chi connectivity index (χ4n) is 3.98. The number of aromatic nitrogens is 1. The molecule has 172 valence electrons. The zero-order valence-electron chi connectivity index (χ0n) is 18.2. The third kappa shape index (κ3) is 4.35. The van der Waals surface area contributed by atoms with Crippen molar-refractivity contribution < 1.29 is 23.1 Å². The van der Waals surface area contributed by atoms with Gasteiger partial charge in [-0.05, 0) is 43.7 Å². The molecule has 1 saturated heterocycles. The highest BCUT2D eigenvalue weighted by molar-refractivity contribution is 6.16. The van der Waals surface area contributed by atoms with Crippen molar-refractivity contribution in [2.45, 2.75) is 50.4 Å². The Labute approximate surface area is 189 Å². The summed E-state index contributed by atoms with van der Waals surface area (Å²) in [6.07, 6.45) is 6.63. The summed E-state index contributed by atoms with van der Waals surface area (Å²) in [5.41, 5.74) is 2.34. The van der Waals surface area contributed by atoms with Crippen molar-refractivity contribution in [1.82, 2.24) is 15.2 Å². The van der Waals surface area contributed by atoms with Gasteiger partial charge in [0.1, 0.15) is 23.6 Å². The average molecular weight is 455 g/mol. The monoisotopic (exact) mass is 455 g/mol. The number of rotatable bonds is 6. The lowest BCUT2D eigenvalue weighted by atomic mass is 9.97. The molecule has 5 rings (SSSR count). The summed E-state index contributed by atoms with van der Waals surface area (Å²) in [5, 5.41) is 2.27. The highest BCUT2D eigenvalue weighted by Crippen LogP contribution is 2.41. The molecule has 10 heteroatoms. The molecule has 3 aliphatic heterocycles. The molecule has 0 radical (unpaired) electrons. The number of likely N-dealkylation sites (tertiary alicyclic amines) is 1. The number of alkyl halides is 2. The van der Waals surface area contributed by atoms with Gasteiger partial charge in [0, 0.05) is 37.3 Å². The Hall–Kier alpha value is -3.27. The molecule has 1 aliphatic carbocycles. The molecule has 2 amide bonds. The first-order valence-corrected chi connectivity index (χ1v) is 10.8. The van der Waals surface area contributed by atoms with Gasteiger partial charge in [-0.1, -0.05) is 0 Å². The molecule has 1 unspecified atom stereocenters. The number of nitrogens with one attached hydrogen (secondary N) is 1. The average Bonchev–Trinajstić information content (AvgIpc) is 3.39. The van der Waals surface area contributed by atoms with Crippen molar-refractivity contribution in [3.63, 3.8) is 0 Å². The Kier molecular flexibility index (Phi) is 5.19. The van der Waals surface area contributed by atoms with Gasteiger partial charge in [0.2, 0.25) is 0 Å². The van der Waals surface area contributed by atoms with E-state index >= 15 is 0 Å². The van der Waals surface area contributed by atoms with Crippen molar-refractivity contribution in [2.24, 2.45) is 9.98 Å². The van der Waals surface area contributed by atoms with Crippen LogP contribution in [-0.4, -0.2) is 76.9 Å². The quantitative estimate of drug-likeness (QED) is 0.708. The van der Waals surface area contributed by atoms with E-state index < -0.39 is 17.9 Å². The standard InChI is InChI=1S/C23H23F2N5O3/c1-12-5-17-18(28-21(12)31)6-14(8-26-17)10-30-11-19(13(30)2)33-15-3-4-16(27-9-15)22(32)29-20-7-23(20,24)25/h3-6,8-9,13,17,19-20H,7,10-11H2,1-2H3,(H,29,32)/t13-,17?,19+,20+/m1/s1. The third-order valence-electron chi connectivity index (χ3n) is 6.31. The molecule has 33 heavy (non-hydrogen) atoms. The zero-order valence-corrected chi connectivity index (χ0v) is 18.2. The van der Waals surface area contributed by atoms with E-state index in [1.165, 1.54) is 12.3 Å². The minimum absolute atomic E-state index is 0.0512. The molecule has 4 atom stereocenters. The second-order valence-electron chi connectivity index (χ2n) is 8.83. The van der Waals surface area contributed by atoms with Crippen molar-refractivity contribution in [3.8, 4) is 5.75 Å². The maximum atomic E-state index is 13.0. The van der Waals surface area contributed by atoms with E-state index in [0.29, 0.717) is 30.1 Å². The van der Waals surface area contributed by atoms with Gasteiger partial charge in [-0.15, -0.1) is 0 Å². The van der Waals surface area contributed by atoms with Crippen LogP contribution in [0.4, 0.5) is 8.78 Å². The predicted octanol–water partition coefficient (Wildman–Crippen LogP) is 1.98. The summed E-state index contributed by atoms with van der Waals surface area (Å²) < 4.78 is 31.9. The number of amides is 2. The number of aliphatic imine (C=N–C) groups is 2. The Bertz CT molecular complexity index is 1130. The fourth-order valence-corrected chi connectivity index (χ4v) is 3.98. The van der Waals surface area contributed by atoms with Gasteiger partial charge in [0.25, 0.3) is 17.7 Å². The summed E-state index contributed by atoms with van der Waals surface area (Å²) >= 11 is 0. The molecule has 4 heterocycles. The Morgan fingerprint density at radius 3 is 2.82 bits per heavy atom. The van der Waals surface area contributed by atoms with E-state index in [2.05, 4.69) is 32.1 Å². The molecule has 0 bridgehead atoms. The molecule has 1 saturated carbocycles. The first-order chi connectivity index (χ1) is 15.7. The van der Waals surface area contributed by atoms with Gasteiger partial charge in [0.05, 0.1) is 18.0 Å². The minimum Gasteiger partial charge on any atom is -0.486 e. The molecule has 1 N–H and O–H groups in total. The van der Waals surface area contributed by atoms with Crippen LogP contribution < -0.4 is 10.1 Å². The number of carbonyl (C=O) groups excluding carboxylic acids is 2. The van der Waals surface area contributed by atoms with Gasteiger partial charge in [0.15, 0.2) is 0 Å². The smallest absolute Gasteiger partial charge is 0.272 e. The normalized spacial score (nSPS) is 29.8. The van der Waals surface area contributed by atoms with Crippen LogP contribution in [0.25, 0.3) is 0 Å². The molecule has 2 fully saturated rings. The number of halogens is 2. The van der Waals surface area contributed by atoms with Crippen molar-refractivity contribution in [2.75, 3.05) is 13.1 Å². The maximum absolute atomic E-state index is 13.0. The lowest BCUT2D eigenvalue weighted by Crippen LogP contribution is -2.61. The molecule has 1 aromatic rings. The molecule has 8 nitrogen and oxygen atoms in total. The van der Waals surface area contributed by atoms with Crippen LogP contribution in [0.15, 0.2) is 51.6 Å². The minimum atomic E-state index is -2.82. The highest BCUT2D eigenvalue weighted by atomic mass is 19.3. The predicted molar refractivity (Wildman–Crippen MR) is 117 cm³/mol. The lowest BCUT2D eigenvalue weighted by molar-refractivity contribution is -0.114. The van der Waals surface area contributed by atoms with Crippen LogP contribution in [0.1, 0.15) is 30.8 Å². The molecule has 0 spiro atoms. The number of pyridine rings is 1. The summed E-state index contributed by atoms with van der Waals surface area (Å²) in [4.78, 5) is 38.7. The number of fused-ring (bicyclic) bond motifs is 1. The van der Waals surface area contributed by atoms with Crippen LogP contribution >= 0.6 is 0 Å². The number of dihydropyridines is 2. The van der Waals surface area contributed by atoms with E-state index in [-0.39, 0.29) is 36.2 Å². The number of nitrogens with zero attached hydrogens (tertiary/aromatic N) is 4. The van der Waals surface area contributed by atoms with Gasteiger partial charge >= 0.3 is 0 Å².